The van der Waals surface area contributed by atoms with Crippen LogP contribution in [0.15, 0.2) is 82.6 Å². The van der Waals surface area contributed by atoms with Crippen LogP contribution in [0.3, 0.4) is 0 Å². The first-order valence-electron chi connectivity index (χ1n) is 15.0. The Hall–Kier alpha value is -4.46. The second-order valence-corrected chi connectivity index (χ2v) is 13.3. The number of anilines is 1. The number of pyridine rings is 1. The summed E-state index contributed by atoms with van der Waals surface area (Å²) in [4.78, 5) is 24.3. The molecule has 1 aliphatic rings. The van der Waals surface area contributed by atoms with Crippen molar-refractivity contribution in [1.29, 1.82) is 0 Å². The van der Waals surface area contributed by atoms with E-state index in [0.29, 0.717) is 17.9 Å². The Balaban J connectivity index is 1.69. The van der Waals surface area contributed by atoms with Crippen molar-refractivity contribution in [3.63, 3.8) is 0 Å². The van der Waals surface area contributed by atoms with E-state index in [1.165, 1.54) is 35.8 Å². The molecular formula is C33H38N4O8S. The number of H-pyrrole nitrogens is 1. The zero-order valence-corrected chi connectivity index (χ0v) is 27.1. The molecule has 12 nitrogen and oxygen atoms in total. The van der Waals surface area contributed by atoms with Gasteiger partial charge in [-0.05, 0) is 70.4 Å². The van der Waals surface area contributed by atoms with Crippen molar-refractivity contribution in [2.75, 3.05) is 31.2 Å². The highest BCUT2D eigenvalue weighted by atomic mass is 32.2. The van der Waals surface area contributed by atoms with Crippen molar-refractivity contribution in [2.24, 2.45) is 0 Å². The van der Waals surface area contributed by atoms with Gasteiger partial charge in [0, 0.05) is 30.0 Å². The van der Waals surface area contributed by atoms with Gasteiger partial charge in [-0.2, -0.15) is 4.98 Å². The van der Waals surface area contributed by atoms with Crippen molar-refractivity contribution >= 4 is 15.8 Å². The molecule has 1 N–H and O–H groups in total. The van der Waals surface area contributed by atoms with Gasteiger partial charge < -0.3 is 28.7 Å². The Kier molecular flexibility index (Phi) is 10.2. The number of ether oxygens (including phenoxy) is 5. The van der Waals surface area contributed by atoms with Crippen LogP contribution in [0.5, 0.6) is 23.1 Å². The molecule has 0 radical (unpaired) electrons. The number of sulfonamides is 1. The molecule has 5 rings (SSSR count). The molecule has 3 heterocycles. The van der Waals surface area contributed by atoms with E-state index >= 15 is 0 Å². The molecule has 244 valence electrons. The molecule has 1 atom stereocenters. The van der Waals surface area contributed by atoms with E-state index in [9.17, 15) is 13.2 Å². The van der Waals surface area contributed by atoms with Crippen molar-refractivity contribution in [1.82, 2.24) is 15.0 Å². The third-order valence-electron chi connectivity index (χ3n) is 6.98. The Morgan fingerprint density at radius 1 is 0.978 bits per heavy atom. The van der Waals surface area contributed by atoms with Crippen LogP contribution in [0, 0.1) is 0 Å². The number of methoxy groups -OCH3 is 1. The molecule has 0 spiro atoms. The summed E-state index contributed by atoms with van der Waals surface area (Å²) in [6.45, 7) is 6.07. The monoisotopic (exact) mass is 650 g/mol. The number of aromatic amines is 1. The molecule has 0 bridgehead atoms. The minimum absolute atomic E-state index is 0.0361. The maximum atomic E-state index is 14.4. The van der Waals surface area contributed by atoms with Crippen molar-refractivity contribution in [3.05, 3.63) is 83.3 Å². The summed E-state index contributed by atoms with van der Waals surface area (Å²) < 4.78 is 59.7. The first kappa shape index (κ1) is 32.9. The van der Waals surface area contributed by atoms with Crippen molar-refractivity contribution < 1.29 is 32.1 Å². The molecule has 1 fully saturated rings. The second kappa shape index (κ2) is 14.3. The predicted molar refractivity (Wildman–Crippen MR) is 172 cm³/mol. The van der Waals surface area contributed by atoms with Crippen LogP contribution in [0.4, 0.5) is 5.82 Å². The third-order valence-corrected chi connectivity index (χ3v) is 9.05. The van der Waals surface area contributed by atoms with Gasteiger partial charge in [0.1, 0.15) is 6.61 Å². The van der Waals surface area contributed by atoms with E-state index in [4.69, 9.17) is 28.7 Å². The summed E-state index contributed by atoms with van der Waals surface area (Å²) >= 11 is 0. The molecule has 2 aromatic carbocycles. The number of benzene rings is 2. The van der Waals surface area contributed by atoms with E-state index in [1.54, 1.807) is 69.3 Å². The van der Waals surface area contributed by atoms with E-state index in [2.05, 4.69) is 9.97 Å². The molecule has 4 aromatic rings. The minimum Gasteiger partial charge on any atom is -0.493 e. The second-order valence-electron chi connectivity index (χ2n) is 11.5. The zero-order chi connectivity index (χ0) is 32.7. The Morgan fingerprint density at radius 2 is 1.72 bits per heavy atom. The number of rotatable bonds is 12. The highest BCUT2D eigenvalue weighted by molar-refractivity contribution is 7.92. The fourth-order valence-corrected chi connectivity index (χ4v) is 6.70. The largest absolute Gasteiger partial charge is 0.493 e. The first-order chi connectivity index (χ1) is 22.1. The van der Waals surface area contributed by atoms with Crippen LogP contribution in [0.25, 0.3) is 11.4 Å². The van der Waals surface area contributed by atoms with Gasteiger partial charge in [0.25, 0.3) is 15.9 Å². The highest BCUT2D eigenvalue weighted by Crippen LogP contribution is 2.45. The lowest BCUT2D eigenvalue weighted by Gasteiger charge is -2.36. The Morgan fingerprint density at radius 3 is 2.39 bits per heavy atom. The van der Waals surface area contributed by atoms with Crippen molar-refractivity contribution in [3.8, 4) is 34.5 Å². The van der Waals surface area contributed by atoms with Gasteiger partial charge >= 0.3 is 0 Å². The molecule has 0 saturated carbocycles. The van der Waals surface area contributed by atoms with Gasteiger partial charge in [-0.25, -0.2) is 17.7 Å². The highest BCUT2D eigenvalue weighted by Gasteiger charge is 2.39. The van der Waals surface area contributed by atoms with E-state index < -0.39 is 15.6 Å². The van der Waals surface area contributed by atoms with Crippen LogP contribution in [0.2, 0.25) is 0 Å². The van der Waals surface area contributed by atoms with E-state index in [-0.39, 0.29) is 59.0 Å². The topological polar surface area (TPSA) is 142 Å². The summed E-state index contributed by atoms with van der Waals surface area (Å²) in [6, 6.07) is 17.9. The lowest BCUT2D eigenvalue weighted by atomic mass is 10.1. The summed E-state index contributed by atoms with van der Waals surface area (Å²) in [5, 5.41) is 0. The first-order valence-corrected chi connectivity index (χ1v) is 16.4. The van der Waals surface area contributed by atoms with E-state index in [0.717, 1.165) is 19.3 Å². The maximum absolute atomic E-state index is 14.4. The lowest BCUT2D eigenvalue weighted by Crippen LogP contribution is -2.46. The predicted octanol–water partition coefficient (Wildman–Crippen LogP) is 5.55. The van der Waals surface area contributed by atoms with Gasteiger partial charge in [-0.1, -0.05) is 30.3 Å². The minimum atomic E-state index is -4.24. The van der Waals surface area contributed by atoms with Crippen molar-refractivity contribution in [2.45, 2.75) is 56.8 Å². The average molecular weight is 651 g/mol. The van der Waals surface area contributed by atoms with Gasteiger partial charge in [-0.3, -0.25) is 4.79 Å². The average Bonchev–Trinajstić information content (AvgIpc) is 3.04. The number of para-hydroxylation sites is 2. The number of hydrogen-bond acceptors (Lipinski definition) is 10. The number of nitrogens with one attached hydrogen (secondary N) is 1. The number of nitrogens with zero attached hydrogens (tertiary/aromatic N) is 3. The van der Waals surface area contributed by atoms with Gasteiger partial charge in [0.2, 0.25) is 11.3 Å². The molecule has 1 unspecified atom stereocenters. The molecule has 2 aromatic heterocycles. The summed E-state index contributed by atoms with van der Waals surface area (Å²) in [5.74, 6) is 0.500. The van der Waals surface area contributed by atoms with Gasteiger partial charge in [0.15, 0.2) is 29.4 Å². The number of hydrogen-bond donors (Lipinski definition) is 1. The molecule has 46 heavy (non-hydrogen) atoms. The smallest absolute Gasteiger partial charge is 0.266 e. The number of aromatic nitrogens is 3. The normalized spacial score (nSPS) is 15.3. The Bertz CT molecular complexity index is 1790. The van der Waals surface area contributed by atoms with Crippen LogP contribution in [0.1, 0.15) is 40.0 Å². The van der Waals surface area contributed by atoms with Crippen LogP contribution < -0.4 is 24.1 Å². The van der Waals surface area contributed by atoms with Gasteiger partial charge in [-0.15, -0.1) is 0 Å². The maximum Gasteiger partial charge on any atom is 0.266 e. The van der Waals surface area contributed by atoms with Crippen LogP contribution in [-0.2, 0) is 19.5 Å². The fraction of sp³-hybridized carbons (Fsp3) is 0.364. The SMILES string of the molecule is COc1ccccc1Oc1c(OCCOC2CCCCO2)nc(-c2cc[nH]c(=O)c2)nc1N(C(C)(C)C)S(=O)(=O)c1ccccc1. The standard InChI is InChI=1S/C33H38N4O8S/c1-33(2,3)37(46(39,40)24-12-6-5-7-13-24)31-29(45-26-15-9-8-14-25(26)41-4)32(44-21-20-43-28-16-10-11-19-42-28)36-30(35-31)23-17-18-34-27(38)22-23/h5-9,12-15,17-18,22,28H,10-11,16,19-21H2,1-4H3,(H,34,38). The zero-order valence-electron chi connectivity index (χ0n) is 26.3. The molecule has 0 amide bonds. The lowest BCUT2D eigenvalue weighted by molar-refractivity contribution is -0.165. The molecule has 0 aliphatic carbocycles. The molecule has 13 heteroatoms. The van der Waals surface area contributed by atoms with Crippen LogP contribution >= 0.6 is 0 Å². The molecule has 1 aliphatic heterocycles. The van der Waals surface area contributed by atoms with E-state index in [1.807, 2.05) is 0 Å². The summed E-state index contributed by atoms with van der Waals surface area (Å²) in [5.41, 5.74) is -1.10. The Labute approximate surface area is 268 Å². The molecular weight excluding hydrogens is 612 g/mol. The quantitative estimate of drug-likeness (QED) is 0.194. The third kappa shape index (κ3) is 7.66. The summed E-state index contributed by atoms with van der Waals surface area (Å²) in [7, 11) is -2.74. The molecule has 1 saturated heterocycles. The van der Waals surface area contributed by atoms with Crippen LogP contribution in [-0.4, -0.2) is 62.1 Å². The van der Waals surface area contributed by atoms with Gasteiger partial charge in [0.05, 0.1) is 18.6 Å². The summed E-state index contributed by atoms with van der Waals surface area (Å²) in [6.07, 6.45) is 3.91. The fourth-order valence-electron chi connectivity index (χ4n) is 4.92.